The van der Waals surface area contributed by atoms with Crippen molar-refractivity contribution in [3.8, 4) is 0 Å². The Labute approximate surface area is 186 Å². The molecule has 9 heteroatoms. The fourth-order valence-electron chi connectivity index (χ4n) is 2.92. The summed E-state index contributed by atoms with van der Waals surface area (Å²) >= 11 is 0. The largest absolute Gasteiger partial charge is 0.379 e. The van der Waals surface area contributed by atoms with Gasteiger partial charge in [-0.25, -0.2) is 18.3 Å². The molecule has 0 bridgehead atoms. The molecule has 0 saturated carbocycles. The summed E-state index contributed by atoms with van der Waals surface area (Å²) in [5.41, 5.74) is 0. The van der Waals surface area contributed by atoms with Crippen LogP contribution < -0.4 is 9.13 Å². The minimum atomic E-state index is 0.645. The third-order valence-corrected chi connectivity index (χ3v) is 4.62. The van der Waals surface area contributed by atoms with Gasteiger partial charge in [-0.3, -0.25) is 0 Å². The van der Waals surface area contributed by atoms with Crippen LogP contribution in [0.1, 0.15) is 13.8 Å². The predicted octanol–water partition coefficient (Wildman–Crippen LogP) is 0.688. The molecule has 0 atom stereocenters. The number of hydrogen-bond acceptors (Lipinski definition) is 5. The summed E-state index contributed by atoms with van der Waals surface area (Å²) in [7, 11) is 0. The molecule has 0 aliphatic carbocycles. The highest BCUT2D eigenvalue weighted by molar-refractivity contribution is 4.66. The molecule has 2 aromatic heterocycles. The first-order valence-corrected chi connectivity index (χ1v) is 11.3. The van der Waals surface area contributed by atoms with Crippen LogP contribution in [0.4, 0.5) is 0 Å². The first-order chi connectivity index (χ1) is 15.3. The molecule has 2 heterocycles. The third kappa shape index (κ3) is 12.0. The quantitative estimate of drug-likeness (QED) is 0.224. The minimum Gasteiger partial charge on any atom is -0.379 e. The maximum atomic E-state index is 5.79. The lowest BCUT2D eigenvalue weighted by atomic mass is 10.6. The van der Waals surface area contributed by atoms with Crippen LogP contribution in [0.15, 0.2) is 37.4 Å². The van der Waals surface area contributed by atoms with E-state index in [1.807, 2.05) is 13.8 Å². The van der Waals surface area contributed by atoms with Gasteiger partial charge in [-0.2, -0.15) is 0 Å². The van der Waals surface area contributed by atoms with E-state index in [0.29, 0.717) is 52.9 Å². The molecule has 0 aliphatic rings. The Morgan fingerprint density at radius 3 is 1.42 bits per heavy atom. The fourth-order valence-corrected chi connectivity index (χ4v) is 2.92. The zero-order valence-corrected chi connectivity index (χ0v) is 19.2. The Hall–Kier alpha value is -1.78. The van der Waals surface area contributed by atoms with Gasteiger partial charge in [-0.05, 0) is 13.8 Å². The number of imidazole rings is 2. The van der Waals surface area contributed by atoms with Crippen molar-refractivity contribution in [1.82, 2.24) is 9.13 Å². The molecule has 0 aromatic carbocycles. The van der Waals surface area contributed by atoms with E-state index < -0.39 is 0 Å². The molecule has 31 heavy (non-hydrogen) atoms. The van der Waals surface area contributed by atoms with E-state index in [-0.39, 0.29) is 0 Å². The van der Waals surface area contributed by atoms with Crippen molar-refractivity contribution in [2.24, 2.45) is 0 Å². The van der Waals surface area contributed by atoms with E-state index in [9.17, 15) is 0 Å². The van der Waals surface area contributed by atoms with Gasteiger partial charge in [0.15, 0.2) is 0 Å². The van der Waals surface area contributed by atoms with Crippen molar-refractivity contribution in [3.63, 3.8) is 0 Å². The predicted molar refractivity (Wildman–Crippen MR) is 115 cm³/mol. The fraction of sp³-hybridized carbons (Fsp3) is 0.727. The van der Waals surface area contributed by atoms with E-state index in [1.165, 1.54) is 0 Å². The maximum Gasteiger partial charge on any atom is 0.243 e. The van der Waals surface area contributed by atoms with Gasteiger partial charge in [0.05, 0.1) is 52.9 Å². The van der Waals surface area contributed by atoms with Crippen LogP contribution in [0, 0.1) is 0 Å². The van der Waals surface area contributed by atoms with Crippen LogP contribution in [0.2, 0.25) is 0 Å². The summed E-state index contributed by atoms with van der Waals surface area (Å²) in [6, 6.07) is 0. The lowest BCUT2D eigenvalue weighted by Gasteiger charge is -2.03. The standard InChI is InChI=1S/C22H40N4O5/c1-3-27-17-19-30-15-11-25-7-5-23(21-25)9-13-29-14-10-24-6-8-26(22-24)12-16-31-20-18-28-4-2/h5-8,21-22H,3-4,9-20H2,1-2H3/q+2. The van der Waals surface area contributed by atoms with Crippen LogP contribution in [0.3, 0.4) is 0 Å². The smallest absolute Gasteiger partial charge is 0.243 e. The van der Waals surface area contributed by atoms with Crippen LogP contribution in [0.25, 0.3) is 0 Å². The Kier molecular flexibility index (Phi) is 13.9. The average molecular weight is 441 g/mol. The molecular formula is C22H40N4O5+2. The second-order valence-electron chi connectivity index (χ2n) is 7.01. The summed E-state index contributed by atoms with van der Waals surface area (Å²) < 4.78 is 35.9. The molecule has 0 spiro atoms. The summed E-state index contributed by atoms with van der Waals surface area (Å²) in [5, 5.41) is 0. The number of aromatic nitrogens is 4. The molecule has 2 aromatic rings. The Balaban J connectivity index is 1.48. The first kappa shape index (κ1) is 25.5. The molecule has 9 nitrogen and oxygen atoms in total. The molecule has 0 unspecified atom stereocenters. The highest BCUT2D eigenvalue weighted by Gasteiger charge is 2.06. The van der Waals surface area contributed by atoms with Crippen LogP contribution in [-0.2, 0) is 49.9 Å². The lowest BCUT2D eigenvalue weighted by Crippen LogP contribution is -2.36. The summed E-state index contributed by atoms with van der Waals surface area (Å²) in [4.78, 5) is 0. The van der Waals surface area contributed by atoms with Crippen molar-refractivity contribution in [1.29, 1.82) is 0 Å². The van der Waals surface area contributed by atoms with E-state index in [1.54, 1.807) is 0 Å². The molecule has 176 valence electrons. The highest BCUT2D eigenvalue weighted by Crippen LogP contribution is 1.89. The summed E-state index contributed by atoms with van der Waals surface area (Å²) in [5.74, 6) is 0. The van der Waals surface area contributed by atoms with Gasteiger partial charge in [0.1, 0.15) is 51.0 Å². The van der Waals surface area contributed by atoms with E-state index >= 15 is 0 Å². The first-order valence-electron chi connectivity index (χ1n) is 11.3. The normalized spacial score (nSPS) is 11.4. The Morgan fingerprint density at radius 1 is 0.548 bits per heavy atom. The van der Waals surface area contributed by atoms with Gasteiger partial charge in [-0.1, -0.05) is 0 Å². The van der Waals surface area contributed by atoms with E-state index in [2.05, 4.69) is 55.7 Å². The Bertz CT molecular complexity index is 620. The van der Waals surface area contributed by atoms with Crippen LogP contribution in [0.5, 0.6) is 0 Å². The minimum absolute atomic E-state index is 0.645. The Morgan fingerprint density at radius 2 is 0.968 bits per heavy atom. The zero-order chi connectivity index (χ0) is 22.0. The van der Waals surface area contributed by atoms with Crippen LogP contribution in [-0.4, -0.2) is 75.2 Å². The van der Waals surface area contributed by atoms with Gasteiger partial charge in [-0.15, -0.1) is 0 Å². The topological polar surface area (TPSA) is 63.8 Å². The highest BCUT2D eigenvalue weighted by atomic mass is 16.5. The van der Waals surface area contributed by atoms with Crippen molar-refractivity contribution >= 4 is 0 Å². The average Bonchev–Trinajstić information content (AvgIpc) is 3.42. The van der Waals surface area contributed by atoms with E-state index in [0.717, 1.165) is 39.4 Å². The molecule has 0 N–H and O–H groups in total. The monoisotopic (exact) mass is 440 g/mol. The molecular weight excluding hydrogens is 400 g/mol. The van der Waals surface area contributed by atoms with E-state index in [4.69, 9.17) is 23.7 Å². The van der Waals surface area contributed by atoms with Gasteiger partial charge < -0.3 is 23.7 Å². The van der Waals surface area contributed by atoms with Gasteiger partial charge >= 0.3 is 0 Å². The lowest BCUT2D eigenvalue weighted by molar-refractivity contribution is -0.704. The maximum absolute atomic E-state index is 5.79. The SMILES string of the molecule is CCOCCOCCn1cc[n+](CCOCC[n+]2ccn(CCOCCOCC)c2)c1. The number of hydrogen-bond donors (Lipinski definition) is 0. The molecule has 2 rings (SSSR count). The third-order valence-electron chi connectivity index (χ3n) is 4.62. The number of ether oxygens (including phenoxy) is 5. The second-order valence-corrected chi connectivity index (χ2v) is 7.01. The van der Waals surface area contributed by atoms with Crippen molar-refractivity contribution in [2.45, 2.75) is 40.0 Å². The van der Waals surface area contributed by atoms with Crippen molar-refractivity contribution in [3.05, 3.63) is 37.4 Å². The number of nitrogens with zero attached hydrogens (tertiary/aromatic N) is 4. The molecule has 0 radical (unpaired) electrons. The van der Waals surface area contributed by atoms with Gasteiger partial charge in [0, 0.05) is 13.2 Å². The molecule has 0 aliphatic heterocycles. The van der Waals surface area contributed by atoms with Gasteiger partial charge in [0.25, 0.3) is 0 Å². The molecule has 0 amide bonds. The zero-order valence-electron chi connectivity index (χ0n) is 19.2. The summed E-state index contributed by atoms with van der Waals surface area (Å²) in [6.07, 6.45) is 12.4. The van der Waals surface area contributed by atoms with Crippen molar-refractivity contribution in [2.75, 3.05) is 66.1 Å². The van der Waals surface area contributed by atoms with Gasteiger partial charge in [0.2, 0.25) is 12.7 Å². The second kappa shape index (κ2) is 16.9. The molecule has 0 fully saturated rings. The van der Waals surface area contributed by atoms with Crippen LogP contribution >= 0.6 is 0 Å². The van der Waals surface area contributed by atoms with Crippen molar-refractivity contribution < 1.29 is 32.8 Å². The molecule has 0 saturated heterocycles. The summed E-state index contributed by atoms with van der Waals surface area (Å²) in [6.45, 7) is 14.2. The number of rotatable bonds is 20.